The largest absolute Gasteiger partial charge is 0.495 e. The Morgan fingerprint density at radius 3 is 2.26 bits per heavy atom. The van der Waals surface area contributed by atoms with Crippen LogP contribution in [0.2, 0.25) is 0 Å². The van der Waals surface area contributed by atoms with Crippen molar-refractivity contribution in [1.29, 1.82) is 0 Å². The quantitative estimate of drug-likeness (QED) is 0.758. The van der Waals surface area contributed by atoms with Gasteiger partial charge in [0.05, 0.1) is 17.3 Å². The van der Waals surface area contributed by atoms with Crippen molar-refractivity contribution in [2.75, 3.05) is 20.2 Å². The molecule has 0 bridgehead atoms. The van der Waals surface area contributed by atoms with Crippen LogP contribution in [0.1, 0.15) is 17.5 Å². The standard InChI is InChI=1S/C19H23NO5S2/c1-14-11-18(25-3)19(12-15(14)2)27(23,24)20-10-9-17(13-20)26(21,22)16-7-5-4-6-8-16/h4-8,11-12,17H,9-10,13H2,1-3H3. The monoisotopic (exact) mass is 409 g/mol. The number of hydrogen-bond acceptors (Lipinski definition) is 5. The maximum absolute atomic E-state index is 13.1. The zero-order chi connectivity index (χ0) is 19.8. The third-order valence-corrected chi connectivity index (χ3v) is 9.09. The Kier molecular flexibility index (Phi) is 5.33. The molecule has 1 saturated heterocycles. The van der Waals surface area contributed by atoms with Crippen LogP contribution >= 0.6 is 0 Å². The molecule has 1 aliphatic rings. The summed E-state index contributed by atoms with van der Waals surface area (Å²) in [6, 6.07) is 11.4. The molecule has 0 radical (unpaired) electrons. The molecule has 0 saturated carbocycles. The van der Waals surface area contributed by atoms with Crippen molar-refractivity contribution < 1.29 is 21.6 Å². The van der Waals surface area contributed by atoms with Crippen LogP contribution in [0, 0.1) is 13.8 Å². The summed E-state index contributed by atoms with van der Waals surface area (Å²) in [5.74, 6) is 0.271. The zero-order valence-electron chi connectivity index (χ0n) is 15.5. The lowest BCUT2D eigenvalue weighted by molar-refractivity contribution is 0.398. The van der Waals surface area contributed by atoms with Gasteiger partial charge in [0.25, 0.3) is 0 Å². The minimum Gasteiger partial charge on any atom is -0.495 e. The normalized spacial score (nSPS) is 18.6. The van der Waals surface area contributed by atoms with Crippen LogP contribution in [-0.4, -0.2) is 46.6 Å². The van der Waals surface area contributed by atoms with Crippen LogP contribution in [0.3, 0.4) is 0 Å². The third-order valence-electron chi connectivity index (χ3n) is 5.02. The number of rotatable bonds is 5. The van der Waals surface area contributed by atoms with Gasteiger partial charge in [0.2, 0.25) is 10.0 Å². The number of sulfonamides is 1. The molecule has 2 aromatic carbocycles. The molecule has 0 N–H and O–H groups in total. The summed E-state index contributed by atoms with van der Waals surface area (Å²) in [4.78, 5) is 0.295. The van der Waals surface area contributed by atoms with Gasteiger partial charge in [0.15, 0.2) is 9.84 Å². The topological polar surface area (TPSA) is 80.8 Å². The molecule has 27 heavy (non-hydrogen) atoms. The predicted molar refractivity (Wildman–Crippen MR) is 103 cm³/mol. The van der Waals surface area contributed by atoms with E-state index in [9.17, 15) is 16.8 Å². The summed E-state index contributed by atoms with van der Waals surface area (Å²) in [5, 5.41) is -0.757. The molecule has 6 nitrogen and oxygen atoms in total. The molecule has 1 fully saturated rings. The SMILES string of the molecule is COc1cc(C)c(C)cc1S(=O)(=O)N1CCC(S(=O)(=O)c2ccccc2)C1. The van der Waals surface area contributed by atoms with E-state index in [1.807, 2.05) is 13.8 Å². The Balaban J connectivity index is 1.92. The van der Waals surface area contributed by atoms with Crippen molar-refractivity contribution in [3.8, 4) is 5.75 Å². The Hall–Kier alpha value is -1.90. The molecule has 0 amide bonds. The molecule has 3 rings (SSSR count). The molecule has 1 aliphatic heterocycles. The van der Waals surface area contributed by atoms with E-state index in [0.29, 0.717) is 0 Å². The molecule has 1 heterocycles. The van der Waals surface area contributed by atoms with E-state index in [0.717, 1.165) is 11.1 Å². The molecular weight excluding hydrogens is 386 g/mol. The summed E-state index contributed by atoms with van der Waals surface area (Å²) >= 11 is 0. The van der Waals surface area contributed by atoms with Gasteiger partial charge < -0.3 is 4.74 Å². The van der Waals surface area contributed by atoms with Crippen molar-refractivity contribution in [3.05, 3.63) is 53.6 Å². The van der Waals surface area contributed by atoms with Gasteiger partial charge in [-0.3, -0.25) is 0 Å². The highest BCUT2D eigenvalue weighted by Gasteiger charge is 2.40. The van der Waals surface area contributed by atoms with E-state index in [1.54, 1.807) is 42.5 Å². The van der Waals surface area contributed by atoms with E-state index < -0.39 is 25.1 Å². The van der Waals surface area contributed by atoms with Gasteiger partial charge in [-0.05, 0) is 55.7 Å². The highest BCUT2D eigenvalue weighted by Crippen LogP contribution is 2.33. The summed E-state index contributed by atoms with van der Waals surface area (Å²) in [6.45, 7) is 3.82. The second-order valence-corrected chi connectivity index (χ2v) is 10.9. The van der Waals surface area contributed by atoms with Crippen LogP contribution < -0.4 is 4.74 Å². The van der Waals surface area contributed by atoms with Gasteiger partial charge in [0.1, 0.15) is 10.6 Å². The highest BCUT2D eigenvalue weighted by atomic mass is 32.2. The van der Waals surface area contributed by atoms with Gasteiger partial charge in [-0.25, -0.2) is 16.8 Å². The number of hydrogen-bond donors (Lipinski definition) is 0. The van der Waals surface area contributed by atoms with E-state index in [4.69, 9.17) is 4.74 Å². The number of nitrogens with zero attached hydrogens (tertiary/aromatic N) is 1. The summed E-state index contributed by atoms with van der Waals surface area (Å²) in [7, 11) is -6.01. The maximum atomic E-state index is 13.1. The molecule has 146 valence electrons. The summed E-state index contributed by atoms with van der Waals surface area (Å²) in [5.41, 5.74) is 1.76. The van der Waals surface area contributed by atoms with Crippen LogP contribution in [0.25, 0.3) is 0 Å². The van der Waals surface area contributed by atoms with Gasteiger partial charge >= 0.3 is 0 Å². The van der Waals surface area contributed by atoms with E-state index in [2.05, 4.69) is 0 Å². The van der Waals surface area contributed by atoms with Crippen molar-refractivity contribution in [1.82, 2.24) is 4.31 Å². The molecule has 2 aromatic rings. The molecule has 0 aliphatic carbocycles. The average Bonchev–Trinajstić information content (AvgIpc) is 3.16. The fraction of sp³-hybridized carbons (Fsp3) is 0.368. The molecule has 0 aromatic heterocycles. The number of benzene rings is 2. The summed E-state index contributed by atoms with van der Waals surface area (Å²) < 4.78 is 58.4. The van der Waals surface area contributed by atoms with Gasteiger partial charge in [-0.1, -0.05) is 18.2 Å². The first kappa shape index (κ1) is 19.9. The fourth-order valence-electron chi connectivity index (χ4n) is 3.24. The lowest BCUT2D eigenvalue weighted by atomic mass is 10.1. The highest BCUT2D eigenvalue weighted by molar-refractivity contribution is 7.92. The van der Waals surface area contributed by atoms with Crippen LogP contribution in [0.4, 0.5) is 0 Å². The van der Waals surface area contributed by atoms with Gasteiger partial charge in [-0.2, -0.15) is 4.31 Å². The first-order chi connectivity index (χ1) is 12.7. The maximum Gasteiger partial charge on any atom is 0.246 e. The van der Waals surface area contributed by atoms with E-state index >= 15 is 0 Å². The Morgan fingerprint density at radius 1 is 1.00 bits per heavy atom. The van der Waals surface area contributed by atoms with E-state index in [1.165, 1.54) is 11.4 Å². The van der Waals surface area contributed by atoms with Crippen molar-refractivity contribution in [3.63, 3.8) is 0 Å². The predicted octanol–water partition coefficient (Wildman–Crippen LogP) is 2.55. The van der Waals surface area contributed by atoms with Crippen molar-refractivity contribution in [2.45, 2.75) is 35.3 Å². The fourth-order valence-corrected chi connectivity index (χ4v) is 6.77. The number of methoxy groups -OCH3 is 1. The lowest BCUT2D eigenvalue weighted by Crippen LogP contribution is -2.32. The van der Waals surface area contributed by atoms with Crippen molar-refractivity contribution >= 4 is 19.9 Å². The van der Waals surface area contributed by atoms with Crippen molar-refractivity contribution in [2.24, 2.45) is 0 Å². The lowest BCUT2D eigenvalue weighted by Gasteiger charge is -2.19. The number of sulfone groups is 1. The second kappa shape index (κ2) is 7.26. The Morgan fingerprint density at radius 2 is 1.63 bits per heavy atom. The minimum absolute atomic E-state index is 0.0599. The third kappa shape index (κ3) is 3.61. The first-order valence-electron chi connectivity index (χ1n) is 8.62. The second-order valence-electron chi connectivity index (χ2n) is 6.72. The minimum atomic E-state index is -3.85. The average molecular weight is 410 g/mol. The van der Waals surface area contributed by atoms with Gasteiger partial charge in [0, 0.05) is 13.1 Å². The molecular formula is C19H23NO5S2. The number of aryl methyl sites for hydroxylation is 2. The van der Waals surface area contributed by atoms with Crippen LogP contribution in [0.5, 0.6) is 5.75 Å². The zero-order valence-corrected chi connectivity index (χ0v) is 17.2. The molecule has 0 spiro atoms. The first-order valence-corrected chi connectivity index (χ1v) is 11.6. The smallest absolute Gasteiger partial charge is 0.246 e. The van der Waals surface area contributed by atoms with Crippen LogP contribution in [-0.2, 0) is 19.9 Å². The molecule has 8 heteroatoms. The summed E-state index contributed by atoms with van der Waals surface area (Å²) in [6.07, 6.45) is 0.267. The Bertz CT molecular complexity index is 1050. The van der Waals surface area contributed by atoms with Gasteiger partial charge in [-0.15, -0.1) is 0 Å². The van der Waals surface area contributed by atoms with E-state index in [-0.39, 0.29) is 35.1 Å². The number of ether oxygens (including phenoxy) is 1. The molecule has 1 atom stereocenters. The Labute approximate surface area is 160 Å². The molecule has 1 unspecified atom stereocenters. The van der Waals surface area contributed by atoms with Crippen LogP contribution in [0.15, 0.2) is 52.3 Å².